The molecule has 0 aliphatic carbocycles. The molecule has 1 saturated heterocycles. The molecule has 1 aromatic rings. The lowest BCUT2D eigenvalue weighted by molar-refractivity contribution is -0.124. The molecule has 1 aliphatic heterocycles. The van der Waals surface area contributed by atoms with E-state index in [-0.39, 0.29) is 29.0 Å². The van der Waals surface area contributed by atoms with E-state index in [9.17, 15) is 13.2 Å². The minimum atomic E-state index is -3.45. The van der Waals surface area contributed by atoms with Crippen molar-refractivity contribution in [1.29, 1.82) is 0 Å². The smallest absolute Gasteiger partial charge is 0.223 e. The number of nitrogens with one attached hydrogen (secondary N) is 2. The fourth-order valence-electron chi connectivity index (χ4n) is 2.05. The Labute approximate surface area is 145 Å². The van der Waals surface area contributed by atoms with Crippen molar-refractivity contribution in [3.8, 4) is 0 Å². The van der Waals surface area contributed by atoms with Crippen LogP contribution in [0, 0.1) is 11.8 Å². The van der Waals surface area contributed by atoms with E-state index in [0.717, 1.165) is 17.6 Å². The monoisotopic (exact) mass is 410 g/mol. The number of sulfone groups is 1. The van der Waals surface area contributed by atoms with Gasteiger partial charge in [-0.15, -0.1) is 12.4 Å². The molecule has 1 fully saturated rings. The molecule has 1 aromatic carbocycles. The molecule has 0 radical (unpaired) electrons. The summed E-state index contributed by atoms with van der Waals surface area (Å²) in [5.41, 5.74) is 0. The standard InChI is InChI=1S/C14H19BrN2O3S.ClH/c1-10(14(18)17-8-11-6-16-7-11)9-21(19,20)13-4-2-12(15)3-5-13;/h2-5,10-11,16H,6-9H2,1H3,(H,17,18);1H. The van der Waals surface area contributed by atoms with Crippen molar-refractivity contribution in [2.24, 2.45) is 11.8 Å². The van der Waals surface area contributed by atoms with Gasteiger partial charge in [0.25, 0.3) is 0 Å². The van der Waals surface area contributed by atoms with E-state index < -0.39 is 15.8 Å². The molecule has 1 heterocycles. The molecule has 0 spiro atoms. The third-order valence-electron chi connectivity index (χ3n) is 3.52. The third-order valence-corrected chi connectivity index (χ3v) is 5.98. The van der Waals surface area contributed by atoms with Crippen molar-refractivity contribution in [3.63, 3.8) is 0 Å². The quantitative estimate of drug-likeness (QED) is 0.746. The number of halogens is 2. The Morgan fingerprint density at radius 3 is 2.45 bits per heavy atom. The highest BCUT2D eigenvalue weighted by Crippen LogP contribution is 2.18. The summed E-state index contributed by atoms with van der Waals surface area (Å²) in [5.74, 6) is -0.484. The molecule has 124 valence electrons. The molecule has 0 aromatic heterocycles. The van der Waals surface area contributed by atoms with Gasteiger partial charge in [-0.1, -0.05) is 22.9 Å². The summed E-state index contributed by atoms with van der Waals surface area (Å²) < 4.78 is 25.3. The zero-order valence-corrected chi connectivity index (χ0v) is 15.4. The van der Waals surface area contributed by atoms with Gasteiger partial charge < -0.3 is 10.6 Å². The molecular formula is C14H20BrClN2O3S. The average molecular weight is 412 g/mol. The molecule has 1 atom stereocenters. The highest BCUT2D eigenvalue weighted by atomic mass is 79.9. The Hall–Kier alpha value is -0.630. The van der Waals surface area contributed by atoms with Crippen LogP contribution in [0.15, 0.2) is 33.6 Å². The number of carbonyl (C=O) groups excluding carboxylic acids is 1. The third kappa shape index (κ3) is 5.22. The zero-order valence-electron chi connectivity index (χ0n) is 12.2. The molecule has 0 bridgehead atoms. The minimum absolute atomic E-state index is 0. The lowest BCUT2D eigenvalue weighted by atomic mass is 10.0. The van der Waals surface area contributed by atoms with Gasteiger partial charge in [-0.2, -0.15) is 0 Å². The van der Waals surface area contributed by atoms with Gasteiger partial charge in [0.15, 0.2) is 9.84 Å². The predicted molar refractivity (Wildman–Crippen MR) is 92.0 cm³/mol. The summed E-state index contributed by atoms with van der Waals surface area (Å²) in [4.78, 5) is 12.2. The SMILES string of the molecule is CC(CS(=O)(=O)c1ccc(Br)cc1)C(=O)NCC1CNC1.Cl. The largest absolute Gasteiger partial charge is 0.355 e. The topological polar surface area (TPSA) is 75.3 Å². The molecular weight excluding hydrogens is 392 g/mol. The van der Waals surface area contributed by atoms with Crippen molar-refractivity contribution in [1.82, 2.24) is 10.6 Å². The Bertz CT molecular complexity index is 603. The normalized spacial score (nSPS) is 16.3. The molecule has 8 heteroatoms. The Kier molecular flexibility index (Phi) is 7.31. The summed E-state index contributed by atoms with van der Waals surface area (Å²) in [6.07, 6.45) is 0. The second-order valence-electron chi connectivity index (χ2n) is 5.41. The molecule has 1 unspecified atom stereocenters. The van der Waals surface area contributed by atoms with Crippen LogP contribution < -0.4 is 10.6 Å². The van der Waals surface area contributed by atoms with Gasteiger partial charge in [0.1, 0.15) is 0 Å². The van der Waals surface area contributed by atoms with Gasteiger partial charge in [-0.05, 0) is 24.3 Å². The van der Waals surface area contributed by atoms with Crippen LogP contribution >= 0.6 is 28.3 Å². The number of carbonyl (C=O) groups is 1. The van der Waals surface area contributed by atoms with Crippen molar-refractivity contribution < 1.29 is 13.2 Å². The van der Waals surface area contributed by atoms with Crippen LogP contribution in [0.3, 0.4) is 0 Å². The van der Waals surface area contributed by atoms with Crippen LogP contribution in [-0.4, -0.2) is 39.7 Å². The summed E-state index contributed by atoms with van der Waals surface area (Å²) in [6.45, 7) is 4.07. The van der Waals surface area contributed by atoms with Crippen LogP contribution in [-0.2, 0) is 14.6 Å². The highest BCUT2D eigenvalue weighted by molar-refractivity contribution is 9.10. The fraction of sp³-hybridized carbons (Fsp3) is 0.500. The molecule has 2 rings (SSSR count). The fourth-order valence-corrected chi connectivity index (χ4v) is 3.87. The Morgan fingerprint density at radius 1 is 1.36 bits per heavy atom. The van der Waals surface area contributed by atoms with E-state index >= 15 is 0 Å². The maximum atomic E-state index is 12.3. The first kappa shape index (κ1) is 19.4. The van der Waals surface area contributed by atoms with E-state index in [1.165, 1.54) is 0 Å². The molecule has 1 amide bonds. The van der Waals surface area contributed by atoms with Crippen LogP contribution in [0.1, 0.15) is 6.92 Å². The Balaban J connectivity index is 0.00000242. The first-order valence-electron chi connectivity index (χ1n) is 6.85. The van der Waals surface area contributed by atoms with Gasteiger partial charge in [-0.3, -0.25) is 4.79 Å². The maximum Gasteiger partial charge on any atom is 0.223 e. The molecule has 22 heavy (non-hydrogen) atoms. The zero-order chi connectivity index (χ0) is 15.5. The number of amides is 1. The number of hydrogen-bond donors (Lipinski definition) is 2. The van der Waals surface area contributed by atoms with Gasteiger partial charge in [0.2, 0.25) is 5.91 Å². The van der Waals surface area contributed by atoms with Gasteiger partial charge >= 0.3 is 0 Å². The van der Waals surface area contributed by atoms with E-state index in [1.807, 2.05) is 0 Å². The highest BCUT2D eigenvalue weighted by Gasteiger charge is 2.24. The molecule has 0 saturated carbocycles. The first-order valence-corrected chi connectivity index (χ1v) is 9.30. The first-order chi connectivity index (χ1) is 9.88. The van der Waals surface area contributed by atoms with Gasteiger partial charge in [0, 0.05) is 35.9 Å². The molecule has 2 N–H and O–H groups in total. The number of rotatable bonds is 6. The van der Waals surface area contributed by atoms with Crippen molar-refractivity contribution in [3.05, 3.63) is 28.7 Å². The Morgan fingerprint density at radius 2 is 1.95 bits per heavy atom. The van der Waals surface area contributed by atoms with E-state index in [1.54, 1.807) is 31.2 Å². The molecule has 5 nitrogen and oxygen atoms in total. The minimum Gasteiger partial charge on any atom is -0.355 e. The average Bonchev–Trinajstić information content (AvgIpc) is 2.36. The van der Waals surface area contributed by atoms with Crippen LogP contribution in [0.5, 0.6) is 0 Å². The van der Waals surface area contributed by atoms with Crippen LogP contribution in [0.4, 0.5) is 0 Å². The number of benzene rings is 1. The second kappa shape index (κ2) is 8.29. The molecule has 1 aliphatic rings. The lowest BCUT2D eigenvalue weighted by Crippen LogP contribution is -2.49. The van der Waals surface area contributed by atoms with E-state index in [2.05, 4.69) is 26.6 Å². The summed E-state index contributed by atoms with van der Waals surface area (Å²) in [6, 6.07) is 6.45. The van der Waals surface area contributed by atoms with Crippen molar-refractivity contribution >= 4 is 44.1 Å². The number of hydrogen-bond acceptors (Lipinski definition) is 4. The summed E-state index contributed by atoms with van der Waals surface area (Å²) in [5, 5.41) is 5.94. The predicted octanol–water partition coefficient (Wildman–Crippen LogP) is 1.62. The van der Waals surface area contributed by atoms with Crippen molar-refractivity contribution in [2.45, 2.75) is 11.8 Å². The van der Waals surface area contributed by atoms with Crippen molar-refractivity contribution in [2.75, 3.05) is 25.4 Å². The van der Waals surface area contributed by atoms with Crippen LogP contribution in [0.25, 0.3) is 0 Å². The summed E-state index contributed by atoms with van der Waals surface area (Å²) >= 11 is 3.27. The van der Waals surface area contributed by atoms with Gasteiger partial charge in [-0.25, -0.2) is 8.42 Å². The lowest BCUT2D eigenvalue weighted by Gasteiger charge is -2.27. The maximum absolute atomic E-state index is 12.3. The van der Waals surface area contributed by atoms with E-state index in [4.69, 9.17) is 0 Å². The summed E-state index contributed by atoms with van der Waals surface area (Å²) in [7, 11) is -3.45. The van der Waals surface area contributed by atoms with Crippen LogP contribution in [0.2, 0.25) is 0 Å². The second-order valence-corrected chi connectivity index (χ2v) is 8.36. The van der Waals surface area contributed by atoms with E-state index in [0.29, 0.717) is 12.5 Å². The van der Waals surface area contributed by atoms with Gasteiger partial charge in [0.05, 0.1) is 10.6 Å².